The number of aromatic nitrogens is 1. The maximum atomic E-state index is 5.27. The largest absolute Gasteiger partial charge is 0.380 e. The smallest absolute Gasteiger partial charge is 0.0937 e. The fraction of sp³-hybridized carbons (Fsp3) is 0.667. The van der Waals surface area contributed by atoms with Gasteiger partial charge in [0, 0.05) is 37.2 Å². The molecule has 1 fully saturated rings. The van der Waals surface area contributed by atoms with Gasteiger partial charge in [-0.15, -0.1) is 11.3 Å². The molecule has 1 N–H and O–H groups in total. The van der Waals surface area contributed by atoms with Crippen LogP contribution in [-0.2, 0) is 11.2 Å². The minimum absolute atomic E-state index is 0.569. The summed E-state index contributed by atoms with van der Waals surface area (Å²) in [5, 5.41) is 6.70. The second-order valence-corrected chi connectivity index (χ2v) is 4.17. The van der Waals surface area contributed by atoms with E-state index in [0.717, 1.165) is 32.6 Å². The molecule has 1 aliphatic heterocycles. The van der Waals surface area contributed by atoms with Gasteiger partial charge in [-0.05, 0) is 6.42 Å². The van der Waals surface area contributed by atoms with Crippen LogP contribution in [0.3, 0.4) is 0 Å². The van der Waals surface area contributed by atoms with E-state index >= 15 is 0 Å². The van der Waals surface area contributed by atoms with Gasteiger partial charge in [0.1, 0.15) is 0 Å². The molecule has 4 heteroatoms. The highest BCUT2D eigenvalue weighted by Gasteiger charge is 2.13. The third-order valence-corrected chi connectivity index (χ3v) is 3.02. The van der Waals surface area contributed by atoms with Gasteiger partial charge in [-0.2, -0.15) is 0 Å². The molecule has 1 aliphatic rings. The van der Waals surface area contributed by atoms with Crippen molar-refractivity contribution in [3.63, 3.8) is 0 Å². The van der Waals surface area contributed by atoms with Crippen LogP contribution in [0, 0.1) is 0 Å². The van der Waals surface area contributed by atoms with Gasteiger partial charge < -0.3 is 10.1 Å². The molecule has 2 heterocycles. The molecule has 72 valence electrons. The lowest BCUT2D eigenvalue weighted by Gasteiger charge is -2.08. The molecule has 0 amide bonds. The first-order valence-electron chi connectivity index (χ1n) is 4.64. The molecule has 0 spiro atoms. The molecule has 1 aromatic rings. The summed E-state index contributed by atoms with van der Waals surface area (Å²) in [4.78, 5) is 4.23. The minimum Gasteiger partial charge on any atom is -0.380 e. The predicted octanol–water partition coefficient (Wildman–Crippen LogP) is 1.06. The van der Waals surface area contributed by atoms with Crippen molar-refractivity contribution in [1.82, 2.24) is 10.3 Å². The van der Waals surface area contributed by atoms with Crippen molar-refractivity contribution in [2.24, 2.45) is 0 Å². The molecule has 0 aliphatic carbocycles. The van der Waals surface area contributed by atoms with Crippen molar-refractivity contribution in [1.29, 1.82) is 0 Å². The normalized spacial score (nSPS) is 22.3. The summed E-state index contributed by atoms with van der Waals surface area (Å²) in [6, 6.07) is 0.569. The Morgan fingerprint density at radius 1 is 1.69 bits per heavy atom. The number of hydrogen-bond donors (Lipinski definition) is 1. The molecule has 3 nitrogen and oxygen atoms in total. The zero-order valence-corrected chi connectivity index (χ0v) is 8.35. The first-order chi connectivity index (χ1) is 6.45. The van der Waals surface area contributed by atoms with Gasteiger partial charge in [0.25, 0.3) is 0 Å². The van der Waals surface area contributed by atoms with Crippen LogP contribution in [0.25, 0.3) is 0 Å². The van der Waals surface area contributed by atoms with E-state index in [2.05, 4.69) is 10.3 Å². The molecule has 0 radical (unpaired) electrons. The van der Waals surface area contributed by atoms with Gasteiger partial charge in [-0.3, -0.25) is 0 Å². The van der Waals surface area contributed by atoms with Crippen LogP contribution >= 0.6 is 11.3 Å². The highest BCUT2D eigenvalue weighted by atomic mass is 32.1. The molecular weight excluding hydrogens is 184 g/mol. The Morgan fingerprint density at radius 2 is 2.69 bits per heavy atom. The fourth-order valence-electron chi connectivity index (χ4n) is 1.46. The Kier molecular flexibility index (Phi) is 3.29. The molecule has 0 saturated carbocycles. The highest BCUT2D eigenvalue weighted by Crippen LogP contribution is 2.06. The summed E-state index contributed by atoms with van der Waals surface area (Å²) in [6.07, 6.45) is 4.05. The zero-order valence-electron chi connectivity index (χ0n) is 7.53. The van der Waals surface area contributed by atoms with Crippen LogP contribution in [0.15, 0.2) is 11.6 Å². The van der Waals surface area contributed by atoms with E-state index in [1.165, 1.54) is 5.01 Å². The first kappa shape index (κ1) is 9.12. The predicted molar refractivity (Wildman–Crippen MR) is 53.0 cm³/mol. The Morgan fingerprint density at radius 3 is 3.38 bits per heavy atom. The average Bonchev–Trinajstić information content (AvgIpc) is 2.75. The van der Waals surface area contributed by atoms with Crippen LogP contribution in [0.5, 0.6) is 0 Å². The van der Waals surface area contributed by atoms with Gasteiger partial charge in [0.15, 0.2) is 0 Å². The van der Waals surface area contributed by atoms with Gasteiger partial charge in [-0.25, -0.2) is 4.98 Å². The van der Waals surface area contributed by atoms with Gasteiger partial charge >= 0.3 is 0 Å². The van der Waals surface area contributed by atoms with Crippen molar-refractivity contribution < 1.29 is 4.74 Å². The van der Waals surface area contributed by atoms with Crippen molar-refractivity contribution in [2.45, 2.75) is 18.9 Å². The Hall–Kier alpha value is -0.450. The topological polar surface area (TPSA) is 34.1 Å². The third kappa shape index (κ3) is 2.76. The van der Waals surface area contributed by atoms with E-state index in [1.54, 1.807) is 11.3 Å². The highest BCUT2D eigenvalue weighted by molar-refractivity contribution is 7.09. The molecule has 2 rings (SSSR count). The Labute approximate surface area is 82.1 Å². The summed E-state index contributed by atoms with van der Waals surface area (Å²) in [7, 11) is 0. The van der Waals surface area contributed by atoms with E-state index in [-0.39, 0.29) is 0 Å². The van der Waals surface area contributed by atoms with E-state index in [0.29, 0.717) is 6.04 Å². The van der Waals surface area contributed by atoms with E-state index < -0.39 is 0 Å². The van der Waals surface area contributed by atoms with Crippen molar-refractivity contribution in [2.75, 3.05) is 19.8 Å². The first-order valence-corrected chi connectivity index (χ1v) is 5.52. The lowest BCUT2D eigenvalue weighted by Crippen LogP contribution is -2.30. The quantitative estimate of drug-likeness (QED) is 0.785. The summed E-state index contributed by atoms with van der Waals surface area (Å²) < 4.78 is 5.27. The third-order valence-electron chi connectivity index (χ3n) is 2.19. The van der Waals surface area contributed by atoms with Crippen molar-refractivity contribution in [3.05, 3.63) is 16.6 Å². The lowest BCUT2D eigenvalue weighted by molar-refractivity contribution is 0.190. The van der Waals surface area contributed by atoms with Crippen LogP contribution in [0.2, 0.25) is 0 Å². The van der Waals surface area contributed by atoms with Crippen LogP contribution in [-0.4, -0.2) is 30.8 Å². The molecule has 0 aromatic carbocycles. The molecule has 1 unspecified atom stereocenters. The maximum Gasteiger partial charge on any atom is 0.0937 e. The van der Waals surface area contributed by atoms with Gasteiger partial charge in [-0.1, -0.05) is 0 Å². The van der Waals surface area contributed by atoms with E-state index in [4.69, 9.17) is 4.74 Å². The van der Waals surface area contributed by atoms with E-state index in [9.17, 15) is 0 Å². The summed E-state index contributed by atoms with van der Waals surface area (Å²) in [5.74, 6) is 0. The summed E-state index contributed by atoms with van der Waals surface area (Å²) in [6.45, 7) is 2.80. The standard InChI is InChI=1S/C9H14N2OS/c1(9-11-4-6-13-9)3-10-8-2-5-12-7-8/h4,6,8,10H,1-3,5,7H2. The maximum absolute atomic E-state index is 5.27. The molecule has 0 bridgehead atoms. The second-order valence-electron chi connectivity index (χ2n) is 3.19. The lowest BCUT2D eigenvalue weighted by atomic mass is 10.2. The minimum atomic E-state index is 0.569. The van der Waals surface area contributed by atoms with Gasteiger partial charge in [0.05, 0.1) is 11.6 Å². The molecule has 1 saturated heterocycles. The number of rotatable bonds is 4. The van der Waals surface area contributed by atoms with Crippen LogP contribution in [0.4, 0.5) is 0 Å². The second kappa shape index (κ2) is 4.69. The molecular formula is C9H14N2OS. The molecule has 1 aromatic heterocycles. The van der Waals surface area contributed by atoms with Gasteiger partial charge in [0.2, 0.25) is 0 Å². The number of hydrogen-bond acceptors (Lipinski definition) is 4. The Bertz CT molecular complexity index is 232. The van der Waals surface area contributed by atoms with E-state index in [1.807, 2.05) is 11.6 Å². The number of nitrogens with zero attached hydrogens (tertiary/aromatic N) is 1. The van der Waals surface area contributed by atoms with Crippen molar-refractivity contribution >= 4 is 11.3 Å². The molecule has 1 atom stereocenters. The average molecular weight is 198 g/mol. The van der Waals surface area contributed by atoms with Crippen molar-refractivity contribution in [3.8, 4) is 0 Å². The number of thiazole rings is 1. The van der Waals surface area contributed by atoms with Crippen LogP contribution < -0.4 is 5.32 Å². The number of nitrogens with one attached hydrogen (secondary N) is 1. The Balaban J connectivity index is 1.63. The fourth-order valence-corrected chi connectivity index (χ4v) is 2.08. The molecule has 13 heavy (non-hydrogen) atoms. The zero-order chi connectivity index (χ0) is 8.93. The number of ether oxygens (including phenoxy) is 1. The summed E-state index contributed by atoms with van der Waals surface area (Å²) >= 11 is 1.72. The SMILES string of the molecule is c1csc(CCNC2CCOC2)n1. The van der Waals surface area contributed by atoms with Crippen LogP contribution in [0.1, 0.15) is 11.4 Å². The summed E-state index contributed by atoms with van der Waals surface area (Å²) in [5.41, 5.74) is 0. The monoisotopic (exact) mass is 198 g/mol.